The van der Waals surface area contributed by atoms with Gasteiger partial charge in [-0.3, -0.25) is 0 Å². The van der Waals surface area contributed by atoms with E-state index >= 15 is 0 Å². The van der Waals surface area contributed by atoms with Gasteiger partial charge in [-0.25, -0.2) is 0 Å². The van der Waals surface area contributed by atoms with Gasteiger partial charge in [0.15, 0.2) is 3.79 Å². The van der Waals surface area contributed by atoms with E-state index in [1.165, 1.54) is 0 Å². The summed E-state index contributed by atoms with van der Waals surface area (Å²) >= 11 is 17.0. The second-order valence-electron chi connectivity index (χ2n) is 2.54. The molecule has 0 unspecified atom stereocenters. The number of allylic oxidation sites excluding steroid dienone is 2. The summed E-state index contributed by atoms with van der Waals surface area (Å²) in [4.78, 5) is 2.65. The van der Waals surface area contributed by atoms with Gasteiger partial charge in [0.25, 0.3) is 0 Å². The number of nitrogens with zero attached hydrogens (tertiary/aromatic N) is 3. The number of hydrogen-bond donors (Lipinski definition) is 0. The van der Waals surface area contributed by atoms with E-state index in [0.717, 1.165) is 0 Å². The fraction of sp³-hybridized carbons (Fsp3) is 0.429. The number of halogens is 3. The standard InChI is InChI=1S/C7H6Cl3N3/c8-7(9,10)6(12-13-11)5-3-1-2-4-5/h1-6H/t6-/m1/s1. The number of hydrogen-bond acceptors (Lipinski definition) is 1. The van der Waals surface area contributed by atoms with Gasteiger partial charge in [-0.2, -0.15) is 0 Å². The average molecular weight is 239 g/mol. The molecular weight excluding hydrogens is 232 g/mol. The summed E-state index contributed by atoms with van der Waals surface area (Å²) in [6.07, 6.45) is 7.28. The maximum Gasteiger partial charge on any atom is 0.199 e. The zero-order valence-corrected chi connectivity index (χ0v) is 8.71. The highest BCUT2D eigenvalue weighted by molar-refractivity contribution is 6.68. The summed E-state index contributed by atoms with van der Waals surface area (Å²) < 4.78 is -1.57. The van der Waals surface area contributed by atoms with Gasteiger partial charge < -0.3 is 0 Å². The summed E-state index contributed by atoms with van der Waals surface area (Å²) in [5.41, 5.74) is 8.29. The van der Waals surface area contributed by atoms with Gasteiger partial charge in [0.05, 0.1) is 6.04 Å². The van der Waals surface area contributed by atoms with Crippen LogP contribution in [0.15, 0.2) is 29.4 Å². The molecule has 0 heterocycles. The molecule has 0 fully saturated rings. The van der Waals surface area contributed by atoms with Crippen LogP contribution in [0.2, 0.25) is 0 Å². The van der Waals surface area contributed by atoms with Crippen molar-refractivity contribution in [1.29, 1.82) is 0 Å². The lowest BCUT2D eigenvalue weighted by molar-refractivity contribution is 0.595. The molecule has 0 saturated heterocycles. The van der Waals surface area contributed by atoms with Crippen molar-refractivity contribution in [3.8, 4) is 0 Å². The summed E-state index contributed by atoms with van der Waals surface area (Å²) in [6, 6.07) is -0.697. The fourth-order valence-corrected chi connectivity index (χ4v) is 1.64. The van der Waals surface area contributed by atoms with Crippen molar-refractivity contribution in [3.63, 3.8) is 0 Å². The van der Waals surface area contributed by atoms with Crippen LogP contribution in [0.3, 0.4) is 0 Å². The minimum Gasteiger partial charge on any atom is -0.0852 e. The van der Waals surface area contributed by atoms with E-state index in [2.05, 4.69) is 10.0 Å². The Morgan fingerprint density at radius 3 is 2.23 bits per heavy atom. The van der Waals surface area contributed by atoms with Crippen molar-refractivity contribution in [2.75, 3.05) is 0 Å². The molecule has 0 N–H and O–H groups in total. The van der Waals surface area contributed by atoms with Crippen LogP contribution in [-0.4, -0.2) is 9.83 Å². The lowest BCUT2D eigenvalue weighted by Crippen LogP contribution is -2.28. The molecule has 0 saturated carbocycles. The van der Waals surface area contributed by atoms with E-state index < -0.39 is 9.83 Å². The molecule has 0 aromatic carbocycles. The first-order valence-corrected chi connectivity index (χ1v) is 4.65. The molecule has 0 bridgehead atoms. The highest BCUT2D eigenvalue weighted by Gasteiger charge is 2.36. The van der Waals surface area contributed by atoms with Crippen molar-refractivity contribution in [2.45, 2.75) is 9.83 Å². The molecule has 0 aromatic heterocycles. The molecular formula is C7H6Cl3N3. The van der Waals surface area contributed by atoms with Crippen molar-refractivity contribution in [2.24, 2.45) is 11.0 Å². The van der Waals surface area contributed by atoms with E-state index in [0.29, 0.717) is 0 Å². The second kappa shape index (κ2) is 4.25. The molecule has 0 amide bonds. The van der Waals surface area contributed by atoms with Crippen LogP contribution >= 0.6 is 34.8 Å². The highest BCUT2D eigenvalue weighted by atomic mass is 35.6. The number of alkyl halides is 3. The maximum atomic E-state index is 8.29. The molecule has 1 aliphatic carbocycles. The number of rotatable bonds is 2. The SMILES string of the molecule is [N-]=[N+]=N[C@H](C1C=CC=C1)C(Cl)(Cl)Cl. The first-order chi connectivity index (χ1) is 6.05. The Hall–Kier alpha value is -0.340. The third-order valence-corrected chi connectivity index (χ3v) is 2.32. The number of azide groups is 1. The van der Waals surface area contributed by atoms with Gasteiger partial charge in [0.1, 0.15) is 0 Å². The Morgan fingerprint density at radius 2 is 1.85 bits per heavy atom. The molecule has 6 heteroatoms. The van der Waals surface area contributed by atoms with Gasteiger partial charge in [0.2, 0.25) is 0 Å². The third-order valence-electron chi connectivity index (χ3n) is 1.65. The Kier molecular flexibility index (Phi) is 3.51. The van der Waals surface area contributed by atoms with Crippen molar-refractivity contribution < 1.29 is 0 Å². The first-order valence-electron chi connectivity index (χ1n) is 3.51. The molecule has 1 rings (SSSR count). The summed E-state index contributed by atoms with van der Waals surface area (Å²) in [7, 11) is 0. The maximum absolute atomic E-state index is 8.29. The molecule has 3 nitrogen and oxygen atoms in total. The minimum atomic E-state index is -1.57. The van der Waals surface area contributed by atoms with Gasteiger partial charge in [0, 0.05) is 10.8 Å². The van der Waals surface area contributed by atoms with Crippen LogP contribution in [0, 0.1) is 5.92 Å². The highest BCUT2D eigenvalue weighted by Crippen LogP contribution is 2.38. The molecule has 13 heavy (non-hydrogen) atoms. The van der Waals surface area contributed by atoms with Gasteiger partial charge in [-0.15, -0.1) is 0 Å². The second-order valence-corrected chi connectivity index (χ2v) is 4.91. The van der Waals surface area contributed by atoms with Crippen LogP contribution in [0.1, 0.15) is 0 Å². The zero-order valence-electron chi connectivity index (χ0n) is 6.44. The van der Waals surface area contributed by atoms with Crippen LogP contribution in [0.5, 0.6) is 0 Å². The molecule has 70 valence electrons. The first kappa shape index (κ1) is 10.7. The smallest absolute Gasteiger partial charge is 0.0852 e. The monoisotopic (exact) mass is 237 g/mol. The third kappa shape index (κ3) is 2.82. The van der Waals surface area contributed by atoms with Crippen LogP contribution < -0.4 is 0 Å². The molecule has 0 aromatic rings. The average Bonchev–Trinajstić information content (AvgIpc) is 2.49. The van der Waals surface area contributed by atoms with Gasteiger partial charge in [-0.05, 0) is 5.53 Å². The molecule has 0 radical (unpaired) electrons. The Balaban J connectivity index is 2.85. The topological polar surface area (TPSA) is 48.8 Å². The van der Waals surface area contributed by atoms with Crippen molar-refractivity contribution >= 4 is 34.8 Å². The van der Waals surface area contributed by atoms with Crippen LogP contribution in [0.25, 0.3) is 10.4 Å². The minimum absolute atomic E-state index is 0.136. The van der Waals surface area contributed by atoms with Gasteiger partial charge >= 0.3 is 0 Å². The van der Waals surface area contributed by atoms with Crippen molar-refractivity contribution in [1.82, 2.24) is 0 Å². The molecule has 1 atom stereocenters. The van der Waals surface area contributed by atoms with E-state index in [9.17, 15) is 0 Å². The predicted molar refractivity (Wildman–Crippen MR) is 55.0 cm³/mol. The van der Waals surface area contributed by atoms with E-state index in [1.807, 2.05) is 24.3 Å². The summed E-state index contributed by atoms with van der Waals surface area (Å²) in [6.45, 7) is 0. The van der Waals surface area contributed by atoms with Crippen molar-refractivity contribution in [3.05, 3.63) is 34.7 Å². The quantitative estimate of drug-likeness (QED) is 0.304. The van der Waals surface area contributed by atoms with Crippen LogP contribution in [0.4, 0.5) is 0 Å². The van der Waals surface area contributed by atoms with E-state index in [-0.39, 0.29) is 5.92 Å². The predicted octanol–water partition coefficient (Wildman–Crippen LogP) is 3.78. The zero-order chi connectivity index (χ0) is 9.90. The summed E-state index contributed by atoms with van der Waals surface area (Å²) in [5.74, 6) is -0.136. The fourth-order valence-electron chi connectivity index (χ4n) is 1.08. The Morgan fingerprint density at radius 1 is 1.31 bits per heavy atom. The van der Waals surface area contributed by atoms with E-state index in [1.54, 1.807) is 0 Å². The van der Waals surface area contributed by atoms with E-state index in [4.69, 9.17) is 40.3 Å². The Bertz CT molecular complexity index is 274. The molecule has 0 spiro atoms. The molecule has 0 aliphatic heterocycles. The van der Waals surface area contributed by atoms with Crippen LogP contribution in [-0.2, 0) is 0 Å². The summed E-state index contributed by atoms with van der Waals surface area (Å²) in [5, 5.41) is 3.46. The normalized spacial score (nSPS) is 18.7. The molecule has 1 aliphatic rings. The Labute approximate surface area is 90.6 Å². The lowest BCUT2D eigenvalue weighted by atomic mass is 10.0. The lowest BCUT2D eigenvalue weighted by Gasteiger charge is -2.22. The van der Waals surface area contributed by atoms with Gasteiger partial charge in [-0.1, -0.05) is 64.2 Å². The largest absolute Gasteiger partial charge is 0.199 e.